The Labute approximate surface area is 249 Å². The molecule has 4 rings (SSSR count). The van der Waals surface area contributed by atoms with Gasteiger partial charge in [-0.2, -0.15) is 11.8 Å². The van der Waals surface area contributed by atoms with Gasteiger partial charge in [-0.05, 0) is 54.0 Å². The molecule has 2 aromatic carbocycles. The number of nitrogens with zero attached hydrogens (tertiary/aromatic N) is 3. The third kappa shape index (κ3) is 7.98. The van der Waals surface area contributed by atoms with E-state index in [1.807, 2.05) is 77.6 Å². The molecule has 2 heterocycles. The van der Waals surface area contributed by atoms with Gasteiger partial charge in [0.15, 0.2) is 0 Å². The van der Waals surface area contributed by atoms with Crippen LogP contribution >= 0.6 is 23.1 Å². The molecule has 0 fully saturated rings. The molecule has 0 bridgehead atoms. The molecule has 216 valence electrons. The van der Waals surface area contributed by atoms with E-state index in [1.165, 1.54) is 18.4 Å². The van der Waals surface area contributed by atoms with Gasteiger partial charge >= 0.3 is 12.0 Å². The lowest BCUT2D eigenvalue weighted by Gasteiger charge is -2.35. The molecule has 1 aliphatic rings. The van der Waals surface area contributed by atoms with Crippen molar-refractivity contribution in [1.29, 1.82) is 0 Å². The lowest BCUT2D eigenvalue weighted by molar-refractivity contribution is -0.144. The Balaban J connectivity index is 1.63. The zero-order valence-corrected chi connectivity index (χ0v) is 25.3. The number of benzene rings is 2. The summed E-state index contributed by atoms with van der Waals surface area (Å²) in [6.45, 7) is 3.58. The summed E-state index contributed by atoms with van der Waals surface area (Å²) in [5.41, 5.74) is 6.14. The number of urea groups is 1. The minimum atomic E-state index is -0.731. The predicted molar refractivity (Wildman–Crippen MR) is 164 cm³/mol. The Morgan fingerprint density at radius 1 is 1.12 bits per heavy atom. The van der Waals surface area contributed by atoms with Crippen LogP contribution < -0.4 is 5.32 Å². The van der Waals surface area contributed by atoms with Gasteiger partial charge in [-0.1, -0.05) is 54.6 Å². The maximum absolute atomic E-state index is 14.0. The molecule has 1 aromatic heterocycles. The quantitative estimate of drug-likeness (QED) is 0.310. The number of methoxy groups -OCH3 is 1. The molecule has 1 atom stereocenters. The number of carbonyl (C=O) groups excluding carboxylic acids is 3. The highest BCUT2D eigenvalue weighted by atomic mass is 32.2. The minimum absolute atomic E-state index is 0.0970. The average Bonchev–Trinajstić information content (AvgIpc) is 3.52. The van der Waals surface area contributed by atoms with E-state index < -0.39 is 12.0 Å². The third-order valence-electron chi connectivity index (χ3n) is 7.08. The van der Waals surface area contributed by atoms with Gasteiger partial charge in [0.2, 0.25) is 5.91 Å². The number of nitrogens with one attached hydrogen (secondary N) is 1. The van der Waals surface area contributed by atoms with E-state index in [0.29, 0.717) is 43.8 Å². The fourth-order valence-electron chi connectivity index (χ4n) is 4.91. The molecule has 0 radical (unpaired) electrons. The Bertz CT molecular complexity index is 1360. The number of ether oxygens (including phenoxy) is 1. The number of hydrogen-bond donors (Lipinski definition) is 1. The summed E-state index contributed by atoms with van der Waals surface area (Å²) in [6, 6.07) is 17.0. The summed E-state index contributed by atoms with van der Waals surface area (Å²) in [6.07, 6.45) is 4.60. The van der Waals surface area contributed by atoms with Gasteiger partial charge < -0.3 is 19.9 Å². The maximum atomic E-state index is 14.0. The van der Waals surface area contributed by atoms with Crippen LogP contribution in [0.15, 0.2) is 71.9 Å². The second-order valence-corrected chi connectivity index (χ2v) is 11.8. The zero-order valence-electron chi connectivity index (χ0n) is 23.7. The Morgan fingerprint density at radius 2 is 1.88 bits per heavy atom. The number of rotatable bonds is 11. The number of aromatic nitrogens is 1. The van der Waals surface area contributed by atoms with Crippen LogP contribution in [0.2, 0.25) is 0 Å². The monoisotopic (exact) mass is 592 g/mol. The molecular weight excluding hydrogens is 556 g/mol. The van der Waals surface area contributed by atoms with E-state index >= 15 is 0 Å². The molecule has 0 unspecified atom stereocenters. The fraction of sp³-hybridized carbons (Fsp3) is 0.355. The largest absolute Gasteiger partial charge is 0.467 e. The highest BCUT2D eigenvalue weighted by molar-refractivity contribution is 7.98. The first-order valence-corrected chi connectivity index (χ1v) is 15.8. The van der Waals surface area contributed by atoms with Crippen LogP contribution in [0.5, 0.6) is 0 Å². The van der Waals surface area contributed by atoms with Crippen molar-refractivity contribution in [2.75, 3.05) is 32.2 Å². The van der Waals surface area contributed by atoms with E-state index in [9.17, 15) is 14.4 Å². The summed E-state index contributed by atoms with van der Waals surface area (Å²) >= 11 is 3.12. The molecule has 0 saturated carbocycles. The van der Waals surface area contributed by atoms with E-state index in [1.54, 1.807) is 23.5 Å². The van der Waals surface area contributed by atoms with Crippen molar-refractivity contribution < 1.29 is 19.1 Å². The summed E-state index contributed by atoms with van der Waals surface area (Å²) in [7, 11) is 1.33. The minimum Gasteiger partial charge on any atom is -0.467 e. The van der Waals surface area contributed by atoms with Crippen LogP contribution in [0.3, 0.4) is 0 Å². The van der Waals surface area contributed by atoms with Crippen molar-refractivity contribution >= 4 is 46.6 Å². The number of thiazole rings is 1. The number of aryl methyl sites for hydroxylation is 1. The smallest absolute Gasteiger partial charge is 0.328 e. The number of esters is 1. The molecule has 1 N–H and O–H groups in total. The van der Waals surface area contributed by atoms with Gasteiger partial charge in [-0.3, -0.25) is 9.78 Å². The van der Waals surface area contributed by atoms with E-state index in [0.717, 1.165) is 27.1 Å². The SMILES string of the molecule is COC(=O)[C@H](CCSC)NC(=O)C1=C(c2ccccc2C)CN(C(=O)N(Cc2ccccc2)Cc2cncs2)CC1. The van der Waals surface area contributed by atoms with Crippen molar-refractivity contribution in [3.05, 3.63) is 93.4 Å². The highest BCUT2D eigenvalue weighted by Gasteiger charge is 2.32. The Kier molecular flexibility index (Phi) is 11.0. The lowest BCUT2D eigenvalue weighted by atomic mass is 9.90. The number of amides is 3. The van der Waals surface area contributed by atoms with Crippen LogP contribution in [0.4, 0.5) is 4.79 Å². The fourth-order valence-corrected chi connectivity index (χ4v) is 5.99. The molecule has 1 aliphatic heterocycles. The number of thioether (sulfide) groups is 1. The van der Waals surface area contributed by atoms with E-state index in [4.69, 9.17) is 4.74 Å². The van der Waals surface area contributed by atoms with Crippen LogP contribution in [0.25, 0.3) is 5.57 Å². The summed E-state index contributed by atoms with van der Waals surface area (Å²) in [4.78, 5) is 48.9. The normalized spacial score (nSPS) is 14.0. The lowest BCUT2D eigenvalue weighted by Crippen LogP contribution is -2.47. The van der Waals surface area contributed by atoms with Crippen LogP contribution in [-0.4, -0.2) is 70.9 Å². The summed E-state index contributed by atoms with van der Waals surface area (Å²) < 4.78 is 4.95. The molecule has 3 aromatic rings. The molecule has 3 amide bonds. The maximum Gasteiger partial charge on any atom is 0.328 e. The second kappa shape index (κ2) is 14.8. The summed E-state index contributed by atoms with van der Waals surface area (Å²) in [5, 5.41) is 2.92. The molecule has 10 heteroatoms. The summed E-state index contributed by atoms with van der Waals surface area (Å²) in [5.74, 6) is -0.0430. The van der Waals surface area contributed by atoms with Gasteiger partial charge in [0.05, 0.1) is 19.2 Å². The first kappa shape index (κ1) is 30.3. The Morgan fingerprint density at radius 3 is 2.56 bits per heavy atom. The van der Waals surface area contributed by atoms with Crippen molar-refractivity contribution in [2.45, 2.75) is 38.9 Å². The van der Waals surface area contributed by atoms with Crippen LogP contribution in [0.1, 0.15) is 34.4 Å². The van der Waals surface area contributed by atoms with Gasteiger partial charge in [-0.15, -0.1) is 11.3 Å². The third-order valence-corrected chi connectivity index (χ3v) is 8.49. The van der Waals surface area contributed by atoms with Gasteiger partial charge in [0.25, 0.3) is 0 Å². The predicted octanol–water partition coefficient (Wildman–Crippen LogP) is 5.14. The zero-order chi connectivity index (χ0) is 29.2. The Hall–Kier alpha value is -3.63. The molecule has 8 nitrogen and oxygen atoms in total. The highest BCUT2D eigenvalue weighted by Crippen LogP contribution is 2.30. The second-order valence-electron chi connectivity index (χ2n) is 9.87. The molecule has 0 saturated heterocycles. The standard InChI is InChI=1S/C31H36N4O4S2/c1-22-9-7-8-12-25(22)27-20-34(15-13-26(27)29(36)33-28(14-16-40-3)30(37)39-2)31(38)35(19-24-17-32-21-41-24)18-23-10-5-4-6-11-23/h4-12,17,21,28H,13-16,18-20H2,1-3H3,(H,33,36)/t28-/m0/s1. The van der Waals surface area contributed by atoms with Crippen LogP contribution in [-0.2, 0) is 27.4 Å². The molecular formula is C31H36N4O4S2. The first-order chi connectivity index (χ1) is 19.9. The average molecular weight is 593 g/mol. The first-order valence-electron chi connectivity index (χ1n) is 13.5. The molecule has 0 aliphatic carbocycles. The van der Waals surface area contributed by atoms with Crippen LogP contribution in [0, 0.1) is 6.92 Å². The molecule has 0 spiro atoms. The van der Waals surface area contributed by atoms with Crippen molar-refractivity contribution in [3.8, 4) is 0 Å². The van der Waals surface area contributed by atoms with Gasteiger partial charge in [0, 0.05) is 36.3 Å². The molecule has 41 heavy (non-hydrogen) atoms. The van der Waals surface area contributed by atoms with Crippen molar-refractivity contribution in [2.24, 2.45) is 0 Å². The van der Waals surface area contributed by atoms with Gasteiger partial charge in [0.1, 0.15) is 6.04 Å². The number of carbonyl (C=O) groups is 3. The van der Waals surface area contributed by atoms with Crippen molar-refractivity contribution in [3.63, 3.8) is 0 Å². The number of hydrogen-bond acceptors (Lipinski definition) is 7. The van der Waals surface area contributed by atoms with Gasteiger partial charge in [-0.25, -0.2) is 9.59 Å². The van der Waals surface area contributed by atoms with E-state index in [2.05, 4.69) is 10.3 Å². The van der Waals surface area contributed by atoms with E-state index in [-0.39, 0.29) is 18.5 Å². The topological polar surface area (TPSA) is 91.8 Å². The van der Waals surface area contributed by atoms with Crippen molar-refractivity contribution in [1.82, 2.24) is 20.1 Å².